The summed E-state index contributed by atoms with van der Waals surface area (Å²) in [6.07, 6.45) is 1.71. The van der Waals surface area contributed by atoms with Crippen LogP contribution in [0.5, 0.6) is 0 Å². The van der Waals surface area contributed by atoms with Crippen molar-refractivity contribution in [3.05, 3.63) is 59.5 Å². The molecule has 3 aromatic rings. The van der Waals surface area contributed by atoms with E-state index in [0.29, 0.717) is 5.69 Å². The average Bonchev–Trinajstić information content (AvgIpc) is 2.48. The second-order valence-corrected chi connectivity index (χ2v) is 4.46. The number of halogens is 1. The molecule has 6 heteroatoms. The van der Waals surface area contributed by atoms with Crippen LogP contribution in [-0.4, -0.2) is 21.1 Å². The Morgan fingerprint density at radius 1 is 1.05 bits per heavy atom. The Morgan fingerprint density at radius 3 is 2.75 bits per heavy atom. The van der Waals surface area contributed by atoms with Crippen molar-refractivity contribution >= 4 is 34.1 Å². The fraction of sp³-hybridized carbons (Fsp3) is 0. The van der Waals surface area contributed by atoms with E-state index in [0.717, 1.165) is 10.9 Å². The van der Waals surface area contributed by atoms with E-state index in [-0.39, 0.29) is 16.8 Å². The first kappa shape index (κ1) is 12.5. The fourth-order valence-electron chi connectivity index (χ4n) is 1.84. The lowest BCUT2D eigenvalue weighted by molar-refractivity contribution is 0.102. The molecule has 0 aliphatic rings. The lowest BCUT2D eigenvalue weighted by Gasteiger charge is -2.07. The third-order valence-corrected chi connectivity index (χ3v) is 2.96. The van der Waals surface area contributed by atoms with Gasteiger partial charge in [0.15, 0.2) is 10.8 Å². The largest absolute Gasteiger partial charge is 0.320 e. The Hall–Kier alpha value is -2.53. The third-order valence-electron chi connectivity index (χ3n) is 2.76. The van der Waals surface area contributed by atoms with Gasteiger partial charge >= 0.3 is 0 Å². The van der Waals surface area contributed by atoms with E-state index in [1.165, 1.54) is 12.1 Å². The van der Waals surface area contributed by atoms with E-state index in [1.807, 2.05) is 30.3 Å². The fourth-order valence-corrected chi connectivity index (χ4v) is 1.94. The minimum Gasteiger partial charge on any atom is -0.320 e. The number of hydrogen-bond acceptors (Lipinski definition) is 4. The van der Waals surface area contributed by atoms with Crippen LogP contribution < -0.4 is 5.32 Å². The predicted octanol–water partition coefficient (Wildman–Crippen LogP) is 2.93. The molecule has 5 nitrogen and oxygen atoms in total. The zero-order chi connectivity index (χ0) is 13.9. The molecule has 0 atom stereocenters. The Balaban J connectivity index is 1.93. The Morgan fingerprint density at radius 2 is 1.95 bits per heavy atom. The van der Waals surface area contributed by atoms with Crippen LogP contribution in [0.4, 0.5) is 5.69 Å². The first-order valence-electron chi connectivity index (χ1n) is 5.88. The molecule has 0 unspecified atom stereocenters. The summed E-state index contributed by atoms with van der Waals surface area (Å²) < 4.78 is 0. The number of anilines is 1. The number of pyridine rings is 1. The second-order valence-electron chi connectivity index (χ2n) is 4.07. The van der Waals surface area contributed by atoms with Gasteiger partial charge in [0.05, 0.1) is 11.2 Å². The van der Waals surface area contributed by atoms with Crippen LogP contribution >= 0.6 is 11.6 Å². The second kappa shape index (κ2) is 5.22. The number of aromatic nitrogens is 3. The van der Waals surface area contributed by atoms with Gasteiger partial charge in [0.1, 0.15) is 0 Å². The van der Waals surface area contributed by atoms with Crippen molar-refractivity contribution < 1.29 is 4.79 Å². The first-order valence-corrected chi connectivity index (χ1v) is 6.26. The molecule has 0 aliphatic heterocycles. The molecule has 0 bridgehead atoms. The summed E-state index contributed by atoms with van der Waals surface area (Å²) in [5, 5.41) is 11.3. The van der Waals surface area contributed by atoms with E-state index in [2.05, 4.69) is 20.5 Å². The van der Waals surface area contributed by atoms with Gasteiger partial charge in [0, 0.05) is 11.6 Å². The Labute approximate surface area is 119 Å². The van der Waals surface area contributed by atoms with Gasteiger partial charge in [0.2, 0.25) is 0 Å². The summed E-state index contributed by atoms with van der Waals surface area (Å²) in [4.78, 5) is 16.3. The van der Waals surface area contributed by atoms with Crippen LogP contribution in [-0.2, 0) is 0 Å². The van der Waals surface area contributed by atoms with Gasteiger partial charge in [-0.2, -0.15) is 0 Å². The molecule has 0 saturated heterocycles. The van der Waals surface area contributed by atoms with Crippen molar-refractivity contribution in [1.29, 1.82) is 0 Å². The average molecular weight is 285 g/mol. The van der Waals surface area contributed by atoms with Crippen LogP contribution in [0.1, 0.15) is 10.5 Å². The SMILES string of the molecule is O=C(Nc1cccc2ncccc12)c1ccc(Cl)nn1. The molecule has 0 saturated carbocycles. The summed E-state index contributed by atoms with van der Waals surface area (Å²) in [5.74, 6) is -0.342. The molecule has 1 aromatic carbocycles. The van der Waals surface area contributed by atoms with Gasteiger partial charge in [-0.3, -0.25) is 9.78 Å². The van der Waals surface area contributed by atoms with Crippen molar-refractivity contribution in [2.75, 3.05) is 5.32 Å². The number of benzene rings is 1. The number of fused-ring (bicyclic) bond motifs is 1. The molecule has 0 spiro atoms. The minimum atomic E-state index is -0.342. The molecule has 2 heterocycles. The Kier molecular flexibility index (Phi) is 3.26. The third kappa shape index (κ3) is 2.44. The summed E-state index contributed by atoms with van der Waals surface area (Å²) in [5.41, 5.74) is 1.69. The van der Waals surface area contributed by atoms with E-state index in [9.17, 15) is 4.79 Å². The molecule has 1 amide bonds. The van der Waals surface area contributed by atoms with Crippen molar-refractivity contribution in [3.63, 3.8) is 0 Å². The van der Waals surface area contributed by atoms with Gasteiger partial charge in [0.25, 0.3) is 5.91 Å². The lowest BCUT2D eigenvalue weighted by Crippen LogP contribution is -2.14. The first-order chi connectivity index (χ1) is 9.74. The topological polar surface area (TPSA) is 67.8 Å². The van der Waals surface area contributed by atoms with Gasteiger partial charge in [-0.1, -0.05) is 17.7 Å². The summed E-state index contributed by atoms with van der Waals surface area (Å²) in [7, 11) is 0. The minimum absolute atomic E-state index is 0.204. The van der Waals surface area contributed by atoms with E-state index in [4.69, 9.17) is 11.6 Å². The molecule has 1 N–H and O–H groups in total. The van der Waals surface area contributed by atoms with E-state index >= 15 is 0 Å². The number of rotatable bonds is 2. The van der Waals surface area contributed by atoms with Crippen molar-refractivity contribution in [2.45, 2.75) is 0 Å². The molecule has 98 valence electrons. The zero-order valence-electron chi connectivity index (χ0n) is 10.2. The number of nitrogens with zero attached hydrogens (tertiary/aromatic N) is 3. The molecule has 3 rings (SSSR count). The zero-order valence-corrected chi connectivity index (χ0v) is 11.0. The standard InChI is InChI=1S/C14H9ClN4O/c15-13-7-6-12(18-19-13)14(20)17-11-5-1-4-10-9(11)3-2-8-16-10/h1-8H,(H,17,20). The van der Waals surface area contributed by atoms with E-state index in [1.54, 1.807) is 6.20 Å². The van der Waals surface area contributed by atoms with Crippen molar-refractivity contribution in [1.82, 2.24) is 15.2 Å². The molecule has 0 radical (unpaired) electrons. The summed E-state index contributed by atoms with van der Waals surface area (Å²) in [6, 6.07) is 12.3. The van der Waals surface area contributed by atoms with E-state index < -0.39 is 0 Å². The summed E-state index contributed by atoms with van der Waals surface area (Å²) >= 11 is 5.64. The maximum Gasteiger partial charge on any atom is 0.276 e. The van der Waals surface area contributed by atoms with Gasteiger partial charge in [-0.05, 0) is 36.4 Å². The molecule has 2 aromatic heterocycles. The monoisotopic (exact) mass is 284 g/mol. The number of nitrogens with one attached hydrogen (secondary N) is 1. The maximum absolute atomic E-state index is 12.1. The maximum atomic E-state index is 12.1. The highest BCUT2D eigenvalue weighted by molar-refractivity contribution is 6.29. The quantitative estimate of drug-likeness (QED) is 0.785. The van der Waals surface area contributed by atoms with Crippen LogP contribution in [0.3, 0.4) is 0 Å². The highest BCUT2D eigenvalue weighted by Crippen LogP contribution is 2.21. The molecule has 0 aliphatic carbocycles. The van der Waals surface area contributed by atoms with Crippen molar-refractivity contribution in [3.8, 4) is 0 Å². The molecule has 20 heavy (non-hydrogen) atoms. The molecular weight excluding hydrogens is 276 g/mol. The lowest BCUT2D eigenvalue weighted by atomic mass is 10.2. The number of amides is 1. The van der Waals surface area contributed by atoms with Crippen LogP contribution in [0.15, 0.2) is 48.7 Å². The number of hydrogen-bond donors (Lipinski definition) is 1. The summed E-state index contributed by atoms with van der Waals surface area (Å²) in [6.45, 7) is 0. The predicted molar refractivity (Wildman–Crippen MR) is 76.7 cm³/mol. The van der Waals surface area contributed by atoms with Gasteiger partial charge in [-0.15, -0.1) is 10.2 Å². The number of carbonyl (C=O) groups excluding carboxylic acids is 1. The van der Waals surface area contributed by atoms with Gasteiger partial charge in [-0.25, -0.2) is 0 Å². The van der Waals surface area contributed by atoms with Crippen molar-refractivity contribution in [2.24, 2.45) is 0 Å². The van der Waals surface area contributed by atoms with Crippen LogP contribution in [0, 0.1) is 0 Å². The smallest absolute Gasteiger partial charge is 0.276 e. The molecular formula is C14H9ClN4O. The van der Waals surface area contributed by atoms with Gasteiger partial charge < -0.3 is 5.32 Å². The highest BCUT2D eigenvalue weighted by Gasteiger charge is 2.10. The number of carbonyl (C=O) groups is 1. The Bertz CT molecular complexity index is 768. The highest BCUT2D eigenvalue weighted by atomic mass is 35.5. The normalized spacial score (nSPS) is 10.4. The van der Waals surface area contributed by atoms with Crippen LogP contribution in [0.2, 0.25) is 5.15 Å². The van der Waals surface area contributed by atoms with Crippen LogP contribution in [0.25, 0.3) is 10.9 Å². The molecule has 0 fully saturated rings.